The van der Waals surface area contributed by atoms with E-state index in [-0.39, 0.29) is 24.1 Å². The molecule has 0 aliphatic carbocycles. The highest BCUT2D eigenvalue weighted by molar-refractivity contribution is 5.89. The molecule has 0 heterocycles. The number of urea groups is 1. The third-order valence-electron chi connectivity index (χ3n) is 2.81. The number of aliphatic hydroxyl groups is 1. The summed E-state index contributed by atoms with van der Waals surface area (Å²) >= 11 is 0. The molecule has 4 heteroatoms. The Morgan fingerprint density at radius 3 is 2.56 bits per heavy atom. The van der Waals surface area contributed by atoms with Crippen LogP contribution in [0, 0.1) is 12.3 Å². The van der Waals surface area contributed by atoms with Crippen LogP contribution in [0.2, 0.25) is 0 Å². The molecule has 1 rings (SSSR count). The molecule has 0 aliphatic heterocycles. The maximum absolute atomic E-state index is 11.8. The Hall–Kier alpha value is -1.55. The fraction of sp³-hybridized carbons (Fsp3) is 0.500. The zero-order valence-electron chi connectivity index (χ0n) is 11.4. The number of aliphatic hydroxyl groups excluding tert-OH is 1. The number of carbonyl (C=O) groups excluding carboxylic acids is 1. The van der Waals surface area contributed by atoms with Crippen molar-refractivity contribution < 1.29 is 9.90 Å². The summed E-state index contributed by atoms with van der Waals surface area (Å²) in [7, 11) is 0. The number of hydrogen-bond donors (Lipinski definition) is 3. The predicted molar refractivity (Wildman–Crippen MR) is 73.7 cm³/mol. The van der Waals surface area contributed by atoms with Gasteiger partial charge in [0.25, 0.3) is 0 Å². The third-order valence-corrected chi connectivity index (χ3v) is 2.81. The van der Waals surface area contributed by atoms with E-state index in [1.54, 1.807) is 0 Å². The van der Waals surface area contributed by atoms with Crippen molar-refractivity contribution in [3.05, 3.63) is 29.8 Å². The first kappa shape index (κ1) is 14.5. The number of carbonyl (C=O) groups is 1. The van der Waals surface area contributed by atoms with Gasteiger partial charge in [0.05, 0.1) is 12.6 Å². The Morgan fingerprint density at radius 1 is 1.39 bits per heavy atom. The van der Waals surface area contributed by atoms with Gasteiger partial charge in [-0.1, -0.05) is 32.9 Å². The van der Waals surface area contributed by atoms with Crippen LogP contribution in [-0.2, 0) is 0 Å². The molecule has 0 saturated heterocycles. The molecule has 0 aliphatic rings. The van der Waals surface area contributed by atoms with E-state index in [0.29, 0.717) is 0 Å². The maximum Gasteiger partial charge on any atom is 0.319 e. The second kappa shape index (κ2) is 5.87. The van der Waals surface area contributed by atoms with Crippen LogP contribution in [0.15, 0.2) is 24.3 Å². The topological polar surface area (TPSA) is 61.4 Å². The van der Waals surface area contributed by atoms with E-state index in [0.717, 1.165) is 11.3 Å². The Balaban J connectivity index is 2.61. The third kappa shape index (κ3) is 4.37. The SMILES string of the molecule is Cc1cccc(NC(=O)N[C@H](CO)C(C)(C)C)c1. The van der Waals surface area contributed by atoms with Crippen LogP contribution in [-0.4, -0.2) is 23.8 Å². The van der Waals surface area contributed by atoms with E-state index >= 15 is 0 Å². The van der Waals surface area contributed by atoms with E-state index in [4.69, 9.17) is 0 Å². The lowest BCUT2D eigenvalue weighted by Crippen LogP contribution is -2.47. The summed E-state index contributed by atoms with van der Waals surface area (Å²) in [4.78, 5) is 11.8. The van der Waals surface area contributed by atoms with Gasteiger partial charge in [-0.2, -0.15) is 0 Å². The zero-order chi connectivity index (χ0) is 13.8. The van der Waals surface area contributed by atoms with Gasteiger partial charge in [-0.3, -0.25) is 0 Å². The molecule has 3 N–H and O–H groups in total. The Morgan fingerprint density at radius 2 is 2.06 bits per heavy atom. The number of hydrogen-bond acceptors (Lipinski definition) is 2. The maximum atomic E-state index is 11.8. The first-order valence-electron chi connectivity index (χ1n) is 6.08. The van der Waals surface area contributed by atoms with E-state index in [1.165, 1.54) is 0 Å². The minimum Gasteiger partial charge on any atom is -0.394 e. The number of nitrogens with one attached hydrogen (secondary N) is 2. The summed E-state index contributed by atoms with van der Waals surface area (Å²) in [6.07, 6.45) is 0. The van der Waals surface area contributed by atoms with Crippen LogP contribution in [0.1, 0.15) is 26.3 Å². The van der Waals surface area contributed by atoms with Crippen molar-refractivity contribution in [3.63, 3.8) is 0 Å². The molecule has 2 amide bonds. The Labute approximate surface area is 108 Å². The molecule has 0 aromatic heterocycles. The van der Waals surface area contributed by atoms with Crippen molar-refractivity contribution >= 4 is 11.7 Å². The van der Waals surface area contributed by atoms with Crippen molar-refractivity contribution in [1.82, 2.24) is 5.32 Å². The number of aryl methyl sites for hydroxylation is 1. The molecule has 4 nitrogen and oxygen atoms in total. The van der Waals surface area contributed by atoms with Gasteiger partial charge in [0.15, 0.2) is 0 Å². The number of anilines is 1. The molecule has 0 saturated carbocycles. The van der Waals surface area contributed by atoms with Crippen LogP contribution < -0.4 is 10.6 Å². The van der Waals surface area contributed by atoms with Crippen LogP contribution in [0.3, 0.4) is 0 Å². The molecule has 0 unspecified atom stereocenters. The number of amides is 2. The minimum atomic E-state index is -0.297. The summed E-state index contributed by atoms with van der Waals surface area (Å²) in [5.41, 5.74) is 1.65. The largest absolute Gasteiger partial charge is 0.394 e. The molecule has 0 bridgehead atoms. The van der Waals surface area contributed by atoms with Crippen molar-refractivity contribution in [2.75, 3.05) is 11.9 Å². The summed E-state index contributed by atoms with van der Waals surface area (Å²) < 4.78 is 0. The average molecular weight is 250 g/mol. The molecular weight excluding hydrogens is 228 g/mol. The lowest BCUT2D eigenvalue weighted by atomic mass is 9.87. The van der Waals surface area contributed by atoms with Gasteiger partial charge in [-0.25, -0.2) is 4.79 Å². The van der Waals surface area contributed by atoms with Crippen molar-refractivity contribution in [3.8, 4) is 0 Å². The van der Waals surface area contributed by atoms with E-state index in [1.807, 2.05) is 52.0 Å². The van der Waals surface area contributed by atoms with Crippen molar-refractivity contribution in [2.45, 2.75) is 33.7 Å². The lowest BCUT2D eigenvalue weighted by Gasteiger charge is -2.29. The standard InChI is InChI=1S/C14H22N2O2/c1-10-6-5-7-11(8-10)15-13(18)16-12(9-17)14(2,3)4/h5-8,12,17H,9H2,1-4H3,(H2,15,16,18)/t12-/m1/s1. The van der Waals surface area contributed by atoms with Gasteiger partial charge in [0.1, 0.15) is 0 Å². The van der Waals surface area contributed by atoms with Gasteiger partial charge in [-0.05, 0) is 30.0 Å². The molecule has 0 fully saturated rings. The van der Waals surface area contributed by atoms with E-state index < -0.39 is 0 Å². The first-order chi connectivity index (χ1) is 8.32. The molecule has 18 heavy (non-hydrogen) atoms. The fourth-order valence-electron chi connectivity index (χ4n) is 1.58. The molecule has 1 aromatic carbocycles. The predicted octanol–water partition coefficient (Wildman–Crippen LogP) is 2.52. The Kier molecular flexibility index (Phi) is 4.73. The lowest BCUT2D eigenvalue weighted by molar-refractivity contribution is 0.162. The van der Waals surface area contributed by atoms with Gasteiger partial charge >= 0.3 is 6.03 Å². The van der Waals surface area contributed by atoms with Crippen LogP contribution in [0.25, 0.3) is 0 Å². The molecule has 100 valence electrons. The molecule has 0 spiro atoms. The highest BCUT2D eigenvalue weighted by atomic mass is 16.3. The van der Waals surface area contributed by atoms with E-state index in [2.05, 4.69) is 10.6 Å². The summed E-state index contributed by atoms with van der Waals surface area (Å²) in [5, 5.41) is 14.8. The molecule has 1 aromatic rings. The summed E-state index contributed by atoms with van der Waals surface area (Å²) in [6.45, 7) is 7.81. The normalized spacial score (nSPS) is 12.9. The number of rotatable bonds is 3. The quantitative estimate of drug-likeness (QED) is 0.772. The van der Waals surface area contributed by atoms with Crippen LogP contribution in [0.5, 0.6) is 0 Å². The fourth-order valence-corrected chi connectivity index (χ4v) is 1.58. The van der Waals surface area contributed by atoms with Crippen LogP contribution >= 0.6 is 0 Å². The number of benzene rings is 1. The highest BCUT2D eigenvalue weighted by Gasteiger charge is 2.25. The van der Waals surface area contributed by atoms with Gasteiger partial charge in [-0.15, -0.1) is 0 Å². The minimum absolute atomic E-state index is 0.0786. The highest BCUT2D eigenvalue weighted by Crippen LogP contribution is 2.19. The van der Waals surface area contributed by atoms with Crippen molar-refractivity contribution in [2.24, 2.45) is 5.41 Å². The van der Waals surface area contributed by atoms with Crippen LogP contribution in [0.4, 0.5) is 10.5 Å². The molecule has 0 radical (unpaired) electrons. The monoisotopic (exact) mass is 250 g/mol. The summed E-state index contributed by atoms with van der Waals surface area (Å²) in [6, 6.07) is 7.01. The second-order valence-corrected chi connectivity index (χ2v) is 5.57. The second-order valence-electron chi connectivity index (χ2n) is 5.57. The van der Waals surface area contributed by atoms with E-state index in [9.17, 15) is 9.90 Å². The summed E-state index contributed by atoms with van der Waals surface area (Å²) in [5.74, 6) is 0. The van der Waals surface area contributed by atoms with Gasteiger partial charge in [0.2, 0.25) is 0 Å². The van der Waals surface area contributed by atoms with Gasteiger partial charge < -0.3 is 15.7 Å². The molecule has 1 atom stereocenters. The zero-order valence-corrected chi connectivity index (χ0v) is 11.4. The first-order valence-corrected chi connectivity index (χ1v) is 6.08. The molecular formula is C14H22N2O2. The van der Waals surface area contributed by atoms with Gasteiger partial charge in [0, 0.05) is 5.69 Å². The smallest absolute Gasteiger partial charge is 0.319 e. The van der Waals surface area contributed by atoms with Crippen molar-refractivity contribution in [1.29, 1.82) is 0 Å². The average Bonchev–Trinajstić information content (AvgIpc) is 2.24. The Bertz CT molecular complexity index is 411.